The molecule has 31 heavy (non-hydrogen) atoms. The number of ether oxygens (including phenoxy) is 2. The summed E-state index contributed by atoms with van der Waals surface area (Å²) in [6.45, 7) is 8.47. The number of carbonyl (C=O) groups excluding carboxylic acids is 2. The van der Waals surface area contributed by atoms with Crippen LogP contribution < -0.4 is 20.3 Å². The van der Waals surface area contributed by atoms with E-state index in [0.29, 0.717) is 35.8 Å². The van der Waals surface area contributed by atoms with Gasteiger partial charge in [-0.2, -0.15) is 0 Å². The molecule has 2 N–H and O–H groups in total. The van der Waals surface area contributed by atoms with Gasteiger partial charge in [-0.3, -0.25) is 20.4 Å². The normalized spacial score (nSPS) is 10.5. The molecule has 7 nitrogen and oxygen atoms in total. The van der Waals surface area contributed by atoms with E-state index in [1.54, 1.807) is 24.3 Å². The maximum Gasteiger partial charge on any atom is 0.271 e. The van der Waals surface area contributed by atoms with Crippen molar-refractivity contribution in [1.82, 2.24) is 15.4 Å². The maximum absolute atomic E-state index is 12.7. The van der Waals surface area contributed by atoms with Crippen LogP contribution in [0.3, 0.4) is 0 Å². The molecule has 0 fully saturated rings. The van der Waals surface area contributed by atoms with E-state index >= 15 is 0 Å². The van der Waals surface area contributed by atoms with Gasteiger partial charge in [0.1, 0.15) is 0 Å². The lowest BCUT2D eigenvalue weighted by molar-refractivity contribution is 0.0846. The molecule has 0 spiro atoms. The lowest BCUT2D eigenvalue weighted by Gasteiger charge is -2.13. The van der Waals surface area contributed by atoms with Gasteiger partial charge in [0.2, 0.25) is 0 Å². The van der Waals surface area contributed by atoms with Crippen LogP contribution in [0.15, 0.2) is 54.6 Å². The fourth-order valence-corrected chi connectivity index (χ4v) is 3.41. The van der Waals surface area contributed by atoms with Crippen LogP contribution in [-0.4, -0.2) is 29.6 Å². The number of nitrogens with zero attached hydrogens (tertiary/aromatic N) is 1. The quantitative estimate of drug-likeness (QED) is 0.566. The molecule has 0 aliphatic carbocycles. The summed E-state index contributed by atoms with van der Waals surface area (Å²) in [5.41, 5.74) is 8.49. The molecule has 0 atom stereocenters. The number of amides is 2. The van der Waals surface area contributed by atoms with Crippen molar-refractivity contribution in [2.75, 3.05) is 13.2 Å². The molecule has 3 aromatic rings. The Bertz CT molecular complexity index is 1070. The molecule has 0 radical (unpaired) electrons. The number of hydrogen-bond donors (Lipinski definition) is 2. The third kappa shape index (κ3) is 4.88. The molecular formula is C24H27N3O4. The van der Waals surface area contributed by atoms with E-state index in [2.05, 4.69) is 10.9 Å². The molecule has 2 amide bonds. The van der Waals surface area contributed by atoms with E-state index in [0.717, 1.165) is 17.1 Å². The van der Waals surface area contributed by atoms with Crippen LogP contribution in [0.5, 0.6) is 11.5 Å². The topological polar surface area (TPSA) is 81.6 Å². The molecule has 0 aliphatic rings. The van der Waals surface area contributed by atoms with E-state index < -0.39 is 5.91 Å². The van der Waals surface area contributed by atoms with E-state index in [-0.39, 0.29) is 5.91 Å². The third-order valence-corrected chi connectivity index (χ3v) is 4.79. The van der Waals surface area contributed by atoms with Crippen LogP contribution in [0.1, 0.15) is 46.0 Å². The number of carbonyl (C=O) groups is 2. The van der Waals surface area contributed by atoms with Gasteiger partial charge in [0, 0.05) is 22.6 Å². The van der Waals surface area contributed by atoms with Crippen molar-refractivity contribution in [1.29, 1.82) is 0 Å². The van der Waals surface area contributed by atoms with Crippen molar-refractivity contribution >= 4 is 11.8 Å². The summed E-state index contributed by atoms with van der Waals surface area (Å²) in [6.07, 6.45) is 0. The minimum atomic E-state index is -0.450. The third-order valence-electron chi connectivity index (χ3n) is 4.79. The van der Waals surface area contributed by atoms with E-state index in [4.69, 9.17) is 9.47 Å². The predicted octanol–water partition coefficient (Wildman–Crippen LogP) is 3.97. The molecular weight excluding hydrogens is 394 g/mol. The number of aromatic nitrogens is 1. The highest BCUT2D eigenvalue weighted by atomic mass is 16.5. The smallest absolute Gasteiger partial charge is 0.271 e. The van der Waals surface area contributed by atoms with Crippen molar-refractivity contribution in [3.8, 4) is 17.2 Å². The second-order valence-corrected chi connectivity index (χ2v) is 6.89. The number of aryl methyl sites for hydroxylation is 1. The monoisotopic (exact) mass is 421 g/mol. The highest BCUT2D eigenvalue weighted by Crippen LogP contribution is 2.28. The number of hydrazine groups is 1. The van der Waals surface area contributed by atoms with Crippen LogP contribution in [0.4, 0.5) is 0 Å². The minimum Gasteiger partial charge on any atom is -0.490 e. The van der Waals surface area contributed by atoms with Gasteiger partial charge in [-0.05, 0) is 64.1 Å². The summed E-state index contributed by atoms with van der Waals surface area (Å²) in [5.74, 6) is 0.210. The Hall–Kier alpha value is -3.74. The molecule has 0 saturated heterocycles. The Morgan fingerprint density at radius 3 is 2.16 bits per heavy atom. The summed E-state index contributed by atoms with van der Waals surface area (Å²) in [7, 11) is 0. The van der Waals surface area contributed by atoms with Gasteiger partial charge < -0.3 is 14.0 Å². The average Bonchev–Trinajstić information content (AvgIpc) is 3.08. The van der Waals surface area contributed by atoms with Crippen molar-refractivity contribution in [2.45, 2.75) is 27.7 Å². The van der Waals surface area contributed by atoms with Crippen LogP contribution in [-0.2, 0) is 0 Å². The van der Waals surface area contributed by atoms with Crippen LogP contribution >= 0.6 is 0 Å². The second kappa shape index (κ2) is 9.84. The number of hydrogen-bond acceptors (Lipinski definition) is 4. The van der Waals surface area contributed by atoms with Crippen LogP contribution in [0.25, 0.3) is 5.69 Å². The molecule has 3 rings (SSSR count). The van der Waals surface area contributed by atoms with E-state index in [1.165, 1.54) is 0 Å². The Morgan fingerprint density at radius 1 is 0.839 bits per heavy atom. The Morgan fingerprint density at radius 2 is 1.48 bits per heavy atom. The first-order valence-corrected chi connectivity index (χ1v) is 10.2. The zero-order chi connectivity index (χ0) is 22.4. The van der Waals surface area contributed by atoms with Crippen molar-refractivity contribution in [3.05, 3.63) is 77.1 Å². The summed E-state index contributed by atoms with van der Waals surface area (Å²) in [5, 5.41) is 0. The fraction of sp³-hybridized carbons (Fsp3) is 0.250. The lowest BCUT2D eigenvalue weighted by Crippen LogP contribution is -2.41. The maximum atomic E-state index is 12.7. The van der Waals surface area contributed by atoms with Crippen molar-refractivity contribution < 1.29 is 19.1 Å². The van der Waals surface area contributed by atoms with Gasteiger partial charge >= 0.3 is 0 Å². The zero-order valence-corrected chi connectivity index (χ0v) is 18.2. The predicted molar refractivity (Wildman–Crippen MR) is 119 cm³/mol. The standard InChI is InChI=1S/C24H27N3O4/c1-5-30-21-13-12-18(15-22(21)31-6-2)23(28)25-26-24(29)20-14-16(3)27(17(20)4)19-10-8-7-9-11-19/h7-15H,5-6H2,1-4H3,(H,25,28)(H,26,29). The number of para-hydroxylation sites is 1. The Kier molecular flexibility index (Phi) is 6.97. The van der Waals surface area contributed by atoms with E-state index in [9.17, 15) is 9.59 Å². The molecule has 0 aliphatic heterocycles. The number of benzene rings is 2. The van der Waals surface area contributed by atoms with E-state index in [1.807, 2.05) is 62.6 Å². The van der Waals surface area contributed by atoms with Crippen molar-refractivity contribution in [3.63, 3.8) is 0 Å². The van der Waals surface area contributed by atoms with Gasteiger partial charge in [0.05, 0.1) is 18.8 Å². The molecule has 162 valence electrons. The highest BCUT2D eigenvalue weighted by molar-refractivity contribution is 6.00. The summed E-state index contributed by atoms with van der Waals surface area (Å²) < 4.78 is 13.1. The molecule has 1 aromatic heterocycles. The van der Waals surface area contributed by atoms with Gasteiger partial charge in [-0.25, -0.2) is 0 Å². The SMILES string of the molecule is CCOc1ccc(C(=O)NNC(=O)c2cc(C)n(-c3ccccc3)c2C)cc1OCC. The molecule has 7 heteroatoms. The van der Waals surface area contributed by atoms with Gasteiger partial charge in [0.15, 0.2) is 11.5 Å². The molecule has 0 bridgehead atoms. The van der Waals surface area contributed by atoms with Crippen LogP contribution in [0.2, 0.25) is 0 Å². The number of rotatable bonds is 7. The first-order valence-electron chi connectivity index (χ1n) is 10.2. The molecule has 1 heterocycles. The fourth-order valence-electron chi connectivity index (χ4n) is 3.41. The van der Waals surface area contributed by atoms with Gasteiger partial charge in [-0.1, -0.05) is 18.2 Å². The Balaban J connectivity index is 1.73. The largest absolute Gasteiger partial charge is 0.490 e. The molecule has 0 unspecified atom stereocenters. The summed E-state index contributed by atoms with van der Waals surface area (Å²) in [4.78, 5) is 25.3. The van der Waals surface area contributed by atoms with Gasteiger partial charge in [-0.15, -0.1) is 0 Å². The van der Waals surface area contributed by atoms with Crippen molar-refractivity contribution in [2.24, 2.45) is 0 Å². The first-order chi connectivity index (χ1) is 15.0. The number of nitrogens with one attached hydrogen (secondary N) is 2. The molecule has 0 saturated carbocycles. The average molecular weight is 421 g/mol. The lowest BCUT2D eigenvalue weighted by atomic mass is 10.2. The zero-order valence-electron chi connectivity index (χ0n) is 18.2. The first kappa shape index (κ1) is 22.0. The van der Waals surface area contributed by atoms with Crippen LogP contribution in [0, 0.1) is 13.8 Å². The second-order valence-electron chi connectivity index (χ2n) is 6.89. The molecule has 2 aromatic carbocycles. The summed E-state index contributed by atoms with van der Waals surface area (Å²) >= 11 is 0. The highest BCUT2D eigenvalue weighted by Gasteiger charge is 2.18. The van der Waals surface area contributed by atoms with Gasteiger partial charge in [0.25, 0.3) is 11.8 Å². The Labute approximate surface area is 182 Å². The summed E-state index contributed by atoms with van der Waals surface area (Å²) in [6, 6.07) is 16.5. The minimum absolute atomic E-state index is 0.349.